The first kappa shape index (κ1) is 10.3. The summed E-state index contributed by atoms with van der Waals surface area (Å²) in [5, 5.41) is 8.82. The maximum atomic E-state index is 10.8. The van der Waals surface area contributed by atoms with E-state index < -0.39 is 5.97 Å². The molecule has 74 valence electrons. The molecule has 0 bridgehead atoms. The zero-order valence-electron chi connectivity index (χ0n) is 7.93. The molecular weight excluding hydrogens is 180 g/mol. The van der Waals surface area contributed by atoms with E-state index in [2.05, 4.69) is 0 Å². The summed E-state index contributed by atoms with van der Waals surface area (Å²) in [4.78, 5) is 10.8. The predicted molar refractivity (Wildman–Crippen MR) is 53.7 cm³/mol. The van der Waals surface area contributed by atoms with E-state index in [1.54, 1.807) is 18.2 Å². The SMILES string of the molecule is C/C=C/COc1ccccc1C(=O)O. The molecule has 0 radical (unpaired) electrons. The zero-order valence-corrected chi connectivity index (χ0v) is 7.93. The van der Waals surface area contributed by atoms with Gasteiger partial charge in [0.25, 0.3) is 0 Å². The van der Waals surface area contributed by atoms with Crippen LogP contribution in [-0.2, 0) is 0 Å². The van der Waals surface area contributed by atoms with Crippen LogP contribution in [0.25, 0.3) is 0 Å². The van der Waals surface area contributed by atoms with Crippen LogP contribution in [0.4, 0.5) is 0 Å². The minimum atomic E-state index is -0.971. The normalized spacial score (nSPS) is 10.4. The highest BCUT2D eigenvalue weighted by Crippen LogP contribution is 2.17. The minimum Gasteiger partial charge on any atom is -0.489 e. The molecule has 0 saturated carbocycles. The lowest BCUT2D eigenvalue weighted by atomic mass is 10.2. The van der Waals surface area contributed by atoms with Crippen molar-refractivity contribution < 1.29 is 14.6 Å². The summed E-state index contributed by atoms with van der Waals surface area (Å²) in [6.07, 6.45) is 3.67. The van der Waals surface area contributed by atoms with Crippen LogP contribution in [0.2, 0.25) is 0 Å². The fraction of sp³-hybridized carbons (Fsp3) is 0.182. The molecule has 0 atom stereocenters. The van der Waals surface area contributed by atoms with Gasteiger partial charge in [-0.05, 0) is 19.1 Å². The molecule has 0 spiro atoms. The Bertz CT molecular complexity index is 342. The molecule has 0 saturated heterocycles. The molecule has 1 aromatic rings. The van der Waals surface area contributed by atoms with Gasteiger partial charge < -0.3 is 9.84 Å². The van der Waals surface area contributed by atoms with E-state index in [0.717, 1.165) is 0 Å². The Morgan fingerprint density at radius 2 is 2.21 bits per heavy atom. The molecule has 3 heteroatoms. The Hall–Kier alpha value is -1.77. The number of ether oxygens (including phenoxy) is 1. The van der Waals surface area contributed by atoms with Crippen LogP contribution in [0.5, 0.6) is 5.75 Å². The third-order valence-electron chi connectivity index (χ3n) is 1.69. The van der Waals surface area contributed by atoms with Gasteiger partial charge >= 0.3 is 5.97 Å². The minimum absolute atomic E-state index is 0.192. The largest absolute Gasteiger partial charge is 0.489 e. The molecule has 0 fully saturated rings. The van der Waals surface area contributed by atoms with Crippen molar-refractivity contribution in [3.05, 3.63) is 42.0 Å². The first-order chi connectivity index (χ1) is 6.75. The van der Waals surface area contributed by atoms with Gasteiger partial charge in [0.1, 0.15) is 17.9 Å². The fourth-order valence-electron chi connectivity index (χ4n) is 1.00. The van der Waals surface area contributed by atoms with E-state index in [1.807, 2.05) is 19.1 Å². The molecule has 1 N–H and O–H groups in total. The van der Waals surface area contributed by atoms with Gasteiger partial charge in [0.2, 0.25) is 0 Å². The fourth-order valence-corrected chi connectivity index (χ4v) is 1.00. The number of hydrogen-bond acceptors (Lipinski definition) is 2. The van der Waals surface area contributed by atoms with Gasteiger partial charge in [0, 0.05) is 0 Å². The number of carboxylic acids is 1. The Morgan fingerprint density at radius 1 is 1.50 bits per heavy atom. The average molecular weight is 192 g/mol. The molecule has 0 aromatic heterocycles. The highest BCUT2D eigenvalue weighted by Gasteiger charge is 2.08. The number of carbonyl (C=O) groups is 1. The van der Waals surface area contributed by atoms with E-state index in [4.69, 9.17) is 9.84 Å². The number of benzene rings is 1. The molecule has 1 rings (SSSR count). The maximum absolute atomic E-state index is 10.8. The second-order valence-electron chi connectivity index (χ2n) is 2.68. The standard InChI is InChI=1S/C11H12O3/c1-2-3-8-14-10-7-5-4-6-9(10)11(12)13/h2-7H,8H2,1H3,(H,12,13)/b3-2+. The second-order valence-corrected chi connectivity index (χ2v) is 2.68. The van der Waals surface area contributed by atoms with Crippen LogP contribution in [-0.4, -0.2) is 17.7 Å². The van der Waals surface area contributed by atoms with Crippen LogP contribution in [0.1, 0.15) is 17.3 Å². The van der Waals surface area contributed by atoms with Crippen molar-refractivity contribution in [2.75, 3.05) is 6.61 Å². The van der Waals surface area contributed by atoms with Gasteiger partial charge in [-0.2, -0.15) is 0 Å². The van der Waals surface area contributed by atoms with E-state index in [0.29, 0.717) is 12.4 Å². The predicted octanol–water partition coefficient (Wildman–Crippen LogP) is 2.34. The number of rotatable bonds is 4. The maximum Gasteiger partial charge on any atom is 0.339 e. The van der Waals surface area contributed by atoms with Crippen LogP contribution in [0, 0.1) is 0 Å². The molecule has 1 aromatic carbocycles. The van der Waals surface area contributed by atoms with Crippen LogP contribution in [0.3, 0.4) is 0 Å². The summed E-state index contributed by atoms with van der Waals surface area (Å²) in [7, 11) is 0. The van der Waals surface area contributed by atoms with Crippen molar-refractivity contribution >= 4 is 5.97 Å². The summed E-state index contributed by atoms with van der Waals surface area (Å²) >= 11 is 0. The Balaban J connectivity index is 2.79. The molecule has 0 unspecified atom stereocenters. The molecule has 0 aliphatic rings. The van der Waals surface area contributed by atoms with Gasteiger partial charge in [-0.15, -0.1) is 0 Å². The number of allylic oxidation sites excluding steroid dienone is 1. The van der Waals surface area contributed by atoms with Crippen LogP contribution in [0.15, 0.2) is 36.4 Å². The molecule has 3 nitrogen and oxygen atoms in total. The van der Waals surface area contributed by atoms with Crippen LogP contribution >= 0.6 is 0 Å². The van der Waals surface area contributed by atoms with Gasteiger partial charge in [-0.3, -0.25) is 0 Å². The quantitative estimate of drug-likeness (QED) is 0.745. The summed E-state index contributed by atoms with van der Waals surface area (Å²) < 4.78 is 5.27. The Kier molecular flexibility index (Phi) is 3.73. The summed E-state index contributed by atoms with van der Waals surface area (Å²) in [6.45, 7) is 2.27. The molecule has 0 amide bonds. The van der Waals surface area contributed by atoms with Crippen molar-refractivity contribution in [3.63, 3.8) is 0 Å². The molecule has 0 heterocycles. The zero-order chi connectivity index (χ0) is 10.4. The smallest absolute Gasteiger partial charge is 0.339 e. The lowest BCUT2D eigenvalue weighted by Crippen LogP contribution is -2.02. The molecule has 14 heavy (non-hydrogen) atoms. The van der Waals surface area contributed by atoms with Crippen molar-refractivity contribution in [2.45, 2.75) is 6.92 Å². The lowest BCUT2D eigenvalue weighted by molar-refractivity contribution is 0.0693. The van der Waals surface area contributed by atoms with Gasteiger partial charge in [0.05, 0.1) is 0 Å². The first-order valence-corrected chi connectivity index (χ1v) is 4.32. The Labute approximate surface area is 82.6 Å². The van der Waals surface area contributed by atoms with Crippen molar-refractivity contribution in [2.24, 2.45) is 0 Å². The highest BCUT2D eigenvalue weighted by molar-refractivity contribution is 5.90. The van der Waals surface area contributed by atoms with Gasteiger partial charge in [-0.1, -0.05) is 24.3 Å². The summed E-state index contributed by atoms with van der Waals surface area (Å²) in [6, 6.07) is 6.59. The Morgan fingerprint density at radius 3 is 2.86 bits per heavy atom. The van der Waals surface area contributed by atoms with Crippen LogP contribution < -0.4 is 4.74 Å². The first-order valence-electron chi connectivity index (χ1n) is 4.32. The highest BCUT2D eigenvalue weighted by atomic mass is 16.5. The molecule has 0 aliphatic carbocycles. The summed E-state index contributed by atoms with van der Waals surface area (Å²) in [5.74, 6) is -0.570. The van der Waals surface area contributed by atoms with Gasteiger partial charge in [0.15, 0.2) is 0 Å². The number of carboxylic acid groups (broad SMARTS) is 1. The number of hydrogen-bond donors (Lipinski definition) is 1. The third-order valence-corrected chi connectivity index (χ3v) is 1.69. The average Bonchev–Trinajstić information content (AvgIpc) is 2.19. The molecular formula is C11H12O3. The second kappa shape index (κ2) is 5.07. The third kappa shape index (κ3) is 2.62. The van der Waals surface area contributed by atoms with Gasteiger partial charge in [-0.25, -0.2) is 4.79 Å². The monoisotopic (exact) mass is 192 g/mol. The van der Waals surface area contributed by atoms with Crippen molar-refractivity contribution in [1.82, 2.24) is 0 Å². The van der Waals surface area contributed by atoms with Crippen molar-refractivity contribution in [3.8, 4) is 5.75 Å². The number of para-hydroxylation sites is 1. The molecule has 0 aliphatic heterocycles. The number of aromatic carboxylic acids is 1. The van der Waals surface area contributed by atoms with E-state index in [-0.39, 0.29) is 5.56 Å². The van der Waals surface area contributed by atoms with E-state index in [9.17, 15) is 4.79 Å². The lowest BCUT2D eigenvalue weighted by Gasteiger charge is -2.05. The van der Waals surface area contributed by atoms with Crippen molar-refractivity contribution in [1.29, 1.82) is 0 Å². The van der Waals surface area contributed by atoms with E-state index >= 15 is 0 Å². The summed E-state index contributed by atoms with van der Waals surface area (Å²) in [5.41, 5.74) is 0.192. The topological polar surface area (TPSA) is 46.5 Å². The van der Waals surface area contributed by atoms with E-state index in [1.165, 1.54) is 6.07 Å².